The second kappa shape index (κ2) is 5.49. The molecule has 2 unspecified atom stereocenters. The van der Waals surface area contributed by atoms with Gasteiger partial charge in [0.25, 0.3) is 0 Å². The third-order valence-electron chi connectivity index (χ3n) is 4.71. The number of aromatic nitrogens is 1. The fourth-order valence-corrected chi connectivity index (χ4v) is 4.77. The molecule has 1 aromatic carbocycles. The predicted octanol–water partition coefficient (Wildman–Crippen LogP) is 6.23. The van der Waals surface area contributed by atoms with E-state index in [4.69, 9.17) is 23.2 Å². The fraction of sp³-hybridized carbons (Fsp3) is 0.222. The Hall–Kier alpha value is -0.520. The average Bonchev–Trinajstić information content (AvgIpc) is 3.03. The second-order valence-corrected chi connectivity index (χ2v) is 10.7. The van der Waals surface area contributed by atoms with Gasteiger partial charge in [-0.3, -0.25) is 0 Å². The molecule has 6 heteroatoms. The van der Waals surface area contributed by atoms with Gasteiger partial charge in [-0.2, -0.15) is 0 Å². The average molecular weight is 489 g/mol. The van der Waals surface area contributed by atoms with Crippen molar-refractivity contribution in [2.24, 2.45) is 0 Å². The van der Waals surface area contributed by atoms with E-state index in [1.54, 1.807) is 0 Å². The number of quaternary nitrogens is 1. The molecule has 1 N–H and O–H groups in total. The van der Waals surface area contributed by atoms with Crippen LogP contribution >= 0.6 is 55.1 Å². The maximum absolute atomic E-state index is 6.61. The quantitative estimate of drug-likeness (QED) is 0.362. The Bertz CT molecular complexity index is 955. The summed E-state index contributed by atoms with van der Waals surface area (Å²) in [7, 11) is 2.14. The Morgan fingerprint density at radius 3 is 2.75 bits per heavy atom. The van der Waals surface area contributed by atoms with E-state index in [-0.39, 0.29) is 5.38 Å². The zero-order chi connectivity index (χ0) is 17.3. The second-order valence-electron chi connectivity index (χ2n) is 6.26. The first-order chi connectivity index (χ1) is 11.3. The van der Waals surface area contributed by atoms with Crippen LogP contribution in [0.25, 0.3) is 10.9 Å². The van der Waals surface area contributed by atoms with Crippen LogP contribution in [0.4, 0.5) is 5.69 Å². The Kier molecular flexibility index (Phi) is 3.87. The van der Waals surface area contributed by atoms with Crippen molar-refractivity contribution >= 4 is 71.7 Å². The van der Waals surface area contributed by atoms with Crippen molar-refractivity contribution in [3.05, 3.63) is 64.6 Å². The van der Waals surface area contributed by atoms with Gasteiger partial charge >= 0.3 is 0 Å². The van der Waals surface area contributed by atoms with E-state index in [2.05, 4.69) is 75.1 Å². The summed E-state index contributed by atoms with van der Waals surface area (Å²) in [5.74, 6) is 0. The number of rotatable bonds is 1. The molecule has 0 fully saturated rings. The van der Waals surface area contributed by atoms with Gasteiger partial charge in [0.2, 0.25) is 0 Å². The number of benzene rings is 1. The summed E-state index contributed by atoms with van der Waals surface area (Å²) in [6.45, 7) is 2.09. The first-order valence-electron chi connectivity index (χ1n) is 7.46. The number of alkyl halides is 3. The molecule has 0 saturated carbocycles. The summed E-state index contributed by atoms with van der Waals surface area (Å²) in [5, 5.41) is 1.49. The van der Waals surface area contributed by atoms with Crippen LogP contribution in [0, 0.1) is 13.0 Å². The molecule has 0 bridgehead atoms. The van der Waals surface area contributed by atoms with Crippen molar-refractivity contribution in [1.29, 1.82) is 0 Å². The van der Waals surface area contributed by atoms with Crippen molar-refractivity contribution < 1.29 is 0 Å². The predicted molar refractivity (Wildman–Crippen MR) is 110 cm³/mol. The topological polar surface area (TPSA) is 15.8 Å². The van der Waals surface area contributed by atoms with Crippen LogP contribution in [0.5, 0.6) is 0 Å². The van der Waals surface area contributed by atoms with Crippen molar-refractivity contribution in [1.82, 2.24) is 9.47 Å². The number of para-hydroxylation sites is 1. The molecule has 24 heavy (non-hydrogen) atoms. The van der Waals surface area contributed by atoms with Crippen molar-refractivity contribution in [3.8, 4) is 0 Å². The number of nitrogens with one attached hydrogen (secondary N) is 1. The highest BCUT2D eigenvalue weighted by Crippen LogP contribution is 2.53. The molecule has 123 valence electrons. The van der Waals surface area contributed by atoms with Gasteiger partial charge in [-0.15, -0.1) is 11.6 Å². The summed E-state index contributed by atoms with van der Waals surface area (Å²) in [6.07, 6.45) is 7.43. The van der Waals surface area contributed by atoms with Gasteiger partial charge in [0.05, 0.1) is 45.7 Å². The number of halogens is 4. The molecule has 0 amide bonds. The molecule has 0 saturated heterocycles. The monoisotopic (exact) mass is 486 g/mol. The van der Waals surface area contributed by atoms with Crippen LogP contribution < -0.4 is 4.48 Å². The Labute approximate surface area is 167 Å². The van der Waals surface area contributed by atoms with E-state index in [9.17, 15) is 0 Å². The van der Waals surface area contributed by atoms with Gasteiger partial charge in [-0.1, -0.05) is 55.6 Å². The lowest BCUT2D eigenvalue weighted by Gasteiger charge is -2.34. The van der Waals surface area contributed by atoms with Crippen LogP contribution in [0.15, 0.2) is 52.8 Å². The van der Waals surface area contributed by atoms with Crippen molar-refractivity contribution in [2.45, 2.75) is 15.5 Å². The number of likely N-dealkylation sites (N-methyl/N-ethyl adjacent to an activating group) is 1. The van der Waals surface area contributed by atoms with E-state index in [1.165, 1.54) is 11.1 Å². The molecule has 4 rings (SSSR count). The van der Waals surface area contributed by atoms with Gasteiger partial charge in [0.15, 0.2) is 5.69 Å². The molecule has 1 aliphatic carbocycles. The molecule has 2 aromatic rings. The van der Waals surface area contributed by atoms with Gasteiger partial charge in [-0.25, -0.2) is 4.48 Å². The van der Waals surface area contributed by atoms with E-state index in [0.717, 1.165) is 22.5 Å². The van der Waals surface area contributed by atoms with E-state index in [1.807, 2.05) is 18.3 Å². The third kappa shape index (κ3) is 2.17. The number of aryl methyl sites for hydroxylation is 1. The summed E-state index contributed by atoms with van der Waals surface area (Å²) >= 11 is 20.3. The SMILES string of the molecule is Cc1[nH]c2ccccc2c1[N+]1(C)C=[C]C2=C(Cl)C(Br)(Br)C(Cl)C=C21. The van der Waals surface area contributed by atoms with Gasteiger partial charge < -0.3 is 4.98 Å². The summed E-state index contributed by atoms with van der Waals surface area (Å²) in [5.41, 5.74) is 5.35. The highest BCUT2D eigenvalue weighted by atomic mass is 79.9. The molecule has 1 aromatic heterocycles. The van der Waals surface area contributed by atoms with Crippen LogP contribution in [-0.4, -0.2) is 20.6 Å². The maximum atomic E-state index is 6.61. The summed E-state index contributed by atoms with van der Waals surface area (Å²) in [6, 6.07) is 8.32. The van der Waals surface area contributed by atoms with Crippen LogP contribution in [0.3, 0.4) is 0 Å². The highest BCUT2D eigenvalue weighted by molar-refractivity contribution is 9.25. The first-order valence-corrected chi connectivity index (χ1v) is 9.86. The van der Waals surface area contributed by atoms with Crippen LogP contribution in [-0.2, 0) is 0 Å². The van der Waals surface area contributed by atoms with Crippen LogP contribution in [0.1, 0.15) is 5.69 Å². The summed E-state index contributed by atoms with van der Waals surface area (Å²) in [4.78, 5) is 3.47. The van der Waals surface area contributed by atoms with Gasteiger partial charge in [-0.05, 0) is 25.1 Å². The van der Waals surface area contributed by atoms with Gasteiger partial charge in [0, 0.05) is 0 Å². The molecule has 1 aliphatic heterocycles. The minimum Gasteiger partial charge on any atom is -0.354 e. The number of fused-ring (bicyclic) bond motifs is 2. The number of allylic oxidation sites excluding steroid dienone is 3. The van der Waals surface area contributed by atoms with Crippen LogP contribution in [0.2, 0.25) is 0 Å². The number of H-pyrrole nitrogens is 1. The van der Waals surface area contributed by atoms with E-state index < -0.39 is 3.23 Å². The first kappa shape index (κ1) is 16.9. The molecule has 2 nitrogen and oxygen atoms in total. The molecule has 0 spiro atoms. The zero-order valence-corrected chi connectivity index (χ0v) is 17.7. The molecule has 2 aliphatic rings. The number of hydrogen-bond donors (Lipinski definition) is 1. The smallest absolute Gasteiger partial charge is 0.170 e. The molecule has 2 atom stereocenters. The fourth-order valence-electron chi connectivity index (χ4n) is 3.56. The lowest BCUT2D eigenvalue weighted by atomic mass is 10.0. The standard InChI is InChI=1S/C18H14Br2Cl2N2/c1-10-16(11-5-3-4-6-13(11)23-10)24(2)8-7-12-14(24)9-15(21)18(19,20)17(12)22/h3-6,8-9,15,23H,1-2H3/q+1. The Morgan fingerprint density at radius 1 is 1.29 bits per heavy atom. The number of hydrogen-bond acceptors (Lipinski definition) is 0. The minimum absolute atomic E-state index is 0.319. The normalized spacial score (nSPS) is 28.4. The lowest BCUT2D eigenvalue weighted by molar-refractivity contribution is 0.568. The largest absolute Gasteiger partial charge is 0.354 e. The van der Waals surface area contributed by atoms with E-state index >= 15 is 0 Å². The molecule has 1 radical (unpaired) electrons. The Balaban J connectivity index is 1.97. The molecule has 2 heterocycles. The van der Waals surface area contributed by atoms with Crippen molar-refractivity contribution in [2.75, 3.05) is 7.05 Å². The van der Waals surface area contributed by atoms with E-state index in [0.29, 0.717) is 9.52 Å². The number of aromatic amines is 1. The molecular formula is C18H14Br2Cl2N2+. The summed E-state index contributed by atoms with van der Waals surface area (Å²) < 4.78 is -0.173. The maximum Gasteiger partial charge on any atom is 0.170 e. The third-order valence-corrected chi connectivity index (χ3v) is 8.41. The minimum atomic E-state index is -0.660. The Morgan fingerprint density at radius 2 is 2.00 bits per heavy atom. The zero-order valence-electron chi connectivity index (χ0n) is 13.0. The number of nitrogens with zero attached hydrogens (tertiary/aromatic N) is 1. The van der Waals surface area contributed by atoms with Gasteiger partial charge in [0.1, 0.15) is 15.1 Å². The highest BCUT2D eigenvalue weighted by Gasteiger charge is 2.49. The van der Waals surface area contributed by atoms with Crippen molar-refractivity contribution in [3.63, 3.8) is 0 Å². The lowest BCUT2D eigenvalue weighted by Crippen LogP contribution is -2.40. The molecular weight excluding hydrogens is 475 g/mol.